The molecular formula is C39H38N6O. The van der Waals surface area contributed by atoms with Crippen molar-refractivity contribution < 1.29 is 4.42 Å². The first-order valence-corrected chi connectivity index (χ1v) is 16.0. The summed E-state index contributed by atoms with van der Waals surface area (Å²) >= 11 is 0. The summed E-state index contributed by atoms with van der Waals surface area (Å²) in [7, 11) is 2.12. The third-order valence-electron chi connectivity index (χ3n) is 9.47. The Morgan fingerprint density at radius 2 is 1.52 bits per heavy atom. The average Bonchev–Trinajstić information content (AvgIpc) is 3.67. The molecule has 230 valence electrons. The number of furan rings is 1. The minimum Gasteiger partial charge on any atom is -0.454 e. The lowest BCUT2D eigenvalue weighted by atomic mass is 10.1. The molecule has 2 aliphatic heterocycles. The smallest absolute Gasteiger partial charge is 0.178 e. The quantitative estimate of drug-likeness (QED) is 0.194. The molecule has 46 heavy (non-hydrogen) atoms. The zero-order chi connectivity index (χ0) is 31.7. The van der Waals surface area contributed by atoms with E-state index < -0.39 is 0 Å². The summed E-state index contributed by atoms with van der Waals surface area (Å²) in [5, 5.41) is 2.26. The fraction of sp³-hybridized carbons (Fsp3) is 0.231. The van der Waals surface area contributed by atoms with Crippen molar-refractivity contribution in [3.8, 4) is 0 Å². The molecule has 8 rings (SSSR count). The number of anilines is 5. The molecule has 4 aromatic carbocycles. The van der Waals surface area contributed by atoms with E-state index in [1.807, 2.05) is 18.3 Å². The fourth-order valence-corrected chi connectivity index (χ4v) is 7.30. The molecule has 0 saturated carbocycles. The molecule has 2 unspecified atom stereocenters. The number of nitrogens with zero attached hydrogens (tertiary/aromatic N) is 6. The van der Waals surface area contributed by atoms with Crippen LogP contribution in [0.1, 0.15) is 34.9 Å². The van der Waals surface area contributed by atoms with E-state index in [1.165, 1.54) is 22.3 Å². The number of fused-ring (bicyclic) bond motifs is 4. The van der Waals surface area contributed by atoms with Crippen LogP contribution < -0.4 is 14.7 Å². The number of hydrogen-bond donors (Lipinski definition) is 0. The molecule has 0 radical (unpaired) electrons. The van der Waals surface area contributed by atoms with Crippen molar-refractivity contribution in [2.45, 2.75) is 53.4 Å². The highest BCUT2D eigenvalue weighted by Gasteiger charge is 2.39. The largest absolute Gasteiger partial charge is 0.454 e. The third-order valence-corrected chi connectivity index (χ3v) is 9.47. The maximum absolute atomic E-state index is 6.49. The number of rotatable bonds is 5. The van der Waals surface area contributed by atoms with Crippen molar-refractivity contribution in [3.63, 3.8) is 0 Å². The van der Waals surface area contributed by atoms with Crippen LogP contribution in [0.4, 0.5) is 28.7 Å². The zero-order valence-electron chi connectivity index (χ0n) is 27.2. The lowest BCUT2D eigenvalue weighted by molar-refractivity contribution is 0.353. The molecule has 6 aromatic rings. The molecule has 0 aliphatic carbocycles. The molecule has 0 spiro atoms. The highest BCUT2D eigenvalue weighted by atomic mass is 16.3. The lowest BCUT2D eigenvalue weighted by Crippen LogP contribution is -2.39. The second-order valence-corrected chi connectivity index (χ2v) is 12.8. The third kappa shape index (κ3) is 4.41. The Morgan fingerprint density at radius 3 is 2.33 bits per heavy atom. The number of hydrogen-bond acceptors (Lipinski definition) is 7. The van der Waals surface area contributed by atoms with Crippen molar-refractivity contribution in [2.75, 3.05) is 21.7 Å². The minimum absolute atomic E-state index is 0.00567. The lowest BCUT2D eigenvalue weighted by Gasteiger charge is -2.31. The summed E-state index contributed by atoms with van der Waals surface area (Å²) in [5.74, 6) is 1.76. The van der Waals surface area contributed by atoms with Gasteiger partial charge in [0.25, 0.3) is 0 Å². The van der Waals surface area contributed by atoms with Gasteiger partial charge in [-0.2, -0.15) is 0 Å². The number of benzene rings is 4. The predicted molar refractivity (Wildman–Crippen MR) is 188 cm³/mol. The zero-order valence-corrected chi connectivity index (χ0v) is 27.2. The fourth-order valence-electron chi connectivity index (χ4n) is 7.30. The summed E-state index contributed by atoms with van der Waals surface area (Å²) in [6.07, 6.45) is 6.93. The summed E-state index contributed by atoms with van der Waals surface area (Å²) < 4.78 is 6.49. The second kappa shape index (κ2) is 10.7. The first kappa shape index (κ1) is 28.2. The van der Waals surface area contributed by atoms with Gasteiger partial charge in [0.05, 0.1) is 17.6 Å². The van der Waals surface area contributed by atoms with E-state index in [0.29, 0.717) is 6.42 Å². The van der Waals surface area contributed by atoms with Gasteiger partial charge in [-0.15, -0.1) is 0 Å². The van der Waals surface area contributed by atoms with E-state index in [2.05, 4.69) is 140 Å². The SMILES string of the molecule is Cc1cc(C)cc(N2c3ncc(CC4N(C)C=CN4c4c(C)ccc5c4oc4ccccc45)nc3N(c3ccccc3C)C2C)c1. The molecular weight excluding hydrogens is 568 g/mol. The van der Waals surface area contributed by atoms with Crippen molar-refractivity contribution in [2.24, 2.45) is 0 Å². The number of aryl methyl sites for hydroxylation is 4. The van der Waals surface area contributed by atoms with Crippen LogP contribution in [0.15, 0.2) is 102 Å². The van der Waals surface area contributed by atoms with E-state index in [-0.39, 0.29) is 12.3 Å². The summed E-state index contributed by atoms with van der Waals surface area (Å²) in [6.45, 7) is 10.9. The Hall–Kier alpha value is -5.30. The van der Waals surface area contributed by atoms with Crippen LogP contribution in [0.3, 0.4) is 0 Å². The average molecular weight is 607 g/mol. The predicted octanol–water partition coefficient (Wildman–Crippen LogP) is 9.04. The summed E-state index contributed by atoms with van der Waals surface area (Å²) in [4.78, 5) is 19.8. The van der Waals surface area contributed by atoms with Crippen molar-refractivity contribution in [1.29, 1.82) is 0 Å². The van der Waals surface area contributed by atoms with Gasteiger partial charge in [0.2, 0.25) is 0 Å². The van der Waals surface area contributed by atoms with E-state index in [1.54, 1.807) is 0 Å². The number of aromatic nitrogens is 2. The van der Waals surface area contributed by atoms with E-state index >= 15 is 0 Å². The Labute approximate surface area is 270 Å². The van der Waals surface area contributed by atoms with E-state index in [9.17, 15) is 0 Å². The molecule has 7 nitrogen and oxygen atoms in total. The van der Waals surface area contributed by atoms with Gasteiger partial charge in [-0.1, -0.05) is 54.6 Å². The number of likely N-dealkylation sites (N-methyl/N-ethyl adjacent to an activating group) is 1. The van der Waals surface area contributed by atoms with Crippen LogP contribution in [-0.2, 0) is 6.42 Å². The monoisotopic (exact) mass is 606 g/mol. The van der Waals surface area contributed by atoms with Gasteiger partial charge in [-0.3, -0.25) is 0 Å². The topological polar surface area (TPSA) is 51.9 Å². The highest BCUT2D eigenvalue weighted by Crippen LogP contribution is 2.47. The molecule has 7 heteroatoms. The van der Waals surface area contributed by atoms with Gasteiger partial charge in [-0.25, -0.2) is 9.97 Å². The van der Waals surface area contributed by atoms with Gasteiger partial charge < -0.3 is 24.0 Å². The molecule has 2 aromatic heterocycles. The summed E-state index contributed by atoms with van der Waals surface area (Å²) in [6, 6.07) is 27.9. The van der Waals surface area contributed by atoms with E-state index in [0.717, 1.165) is 56.3 Å². The Kier molecular flexibility index (Phi) is 6.53. The molecule has 4 heterocycles. The minimum atomic E-state index is -0.00629. The molecule has 0 N–H and O–H groups in total. The molecule has 0 saturated heterocycles. The first-order chi connectivity index (χ1) is 22.3. The maximum atomic E-state index is 6.49. The standard InChI is InChI=1S/C39H38N6O/c1-24-19-25(2)21-30(20-24)44-28(5)45(33-13-9-7-11-26(33)3)39-38(44)40-23-29(41-39)22-35-42(6)17-18-43(35)36-27(4)15-16-32-31-12-8-10-14-34(31)46-37(32)36/h7-21,23,28,35H,22H2,1-6H3. The van der Waals surface area contributed by atoms with Crippen molar-refractivity contribution in [1.82, 2.24) is 14.9 Å². The van der Waals surface area contributed by atoms with Gasteiger partial charge in [0.1, 0.15) is 17.9 Å². The Bertz CT molecular complexity index is 2150. The first-order valence-electron chi connectivity index (χ1n) is 16.0. The van der Waals surface area contributed by atoms with Crippen molar-refractivity contribution in [3.05, 3.63) is 125 Å². The van der Waals surface area contributed by atoms with Crippen LogP contribution >= 0.6 is 0 Å². The molecule has 0 amide bonds. The van der Waals surface area contributed by atoms with Crippen LogP contribution in [-0.4, -0.2) is 34.2 Å². The maximum Gasteiger partial charge on any atom is 0.178 e. The molecule has 2 aliphatic rings. The second-order valence-electron chi connectivity index (χ2n) is 12.8. The molecule has 0 fully saturated rings. The van der Waals surface area contributed by atoms with Gasteiger partial charge in [-0.05, 0) is 81.1 Å². The normalized spacial score (nSPS) is 17.6. The number of para-hydroxylation sites is 2. The van der Waals surface area contributed by atoms with E-state index in [4.69, 9.17) is 14.4 Å². The van der Waals surface area contributed by atoms with Crippen LogP contribution in [0.5, 0.6) is 0 Å². The summed E-state index contributed by atoms with van der Waals surface area (Å²) in [5.41, 5.74) is 10.9. The van der Waals surface area contributed by atoms with Crippen LogP contribution in [0, 0.1) is 27.7 Å². The van der Waals surface area contributed by atoms with Crippen LogP contribution in [0.25, 0.3) is 21.9 Å². The Balaban J connectivity index is 1.21. The van der Waals surface area contributed by atoms with Gasteiger partial charge in [0.15, 0.2) is 17.2 Å². The molecule has 2 atom stereocenters. The van der Waals surface area contributed by atoms with Gasteiger partial charge >= 0.3 is 0 Å². The molecule has 0 bridgehead atoms. The highest BCUT2D eigenvalue weighted by molar-refractivity contribution is 6.09. The Morgan fingerprint density at radius 1 is 0.761 bits per heavy atom. The van der Waals surface area contributed by atoms with Crippen molar-refractivity contribution >= 4 is 50.6 Å². The van der Waals surface area contributed by atoms with Gasteiger partial charge in [0, 0.05) is 48.0 Å². The van der Waals surface area contributed by atoms with Crippen LogP contribution in [0.2, 0.25) is 0 Å².